The molecule has 1 amide bonds. The average Bonchev–Trinajstić information content (AvgIpc) is 1.99. The molecule has 0 spiro atoms. The minimum Gasteiger partial charge on any atom is -0.550 e. The van der Waals surface area contributed by atoms with Gasteiger partial charge in [-0.15, -0.1) is 0 Å². The van der Waals surface area contributed by atoms with E-state index in [0.29, 0.717) is 0 Å². The third-order valence-electron chi connectivity index (χ3n) is 1.17. The van der Waals surface area contributed by atoms with Crippen LogP contribution in [0.2, 0.25) is 0 Å². The molecule has 0 aromatic rings. The summed E-state index contributed by atoms with van der Waals surface area (Å²) in [7, 11) is 0. The summed E-state index contributed by atoms with van der Waals surface area (Å²) in [5.41, 5.74) is 0. The SMILES string of the molecule is C=CC(=O)NCC(C)C(=O)[O-].[Na+]. The zero-order valence-corrected chi connectivity index (χ0v) is 9.29. The van der Waals surface area contributed by atoms with Gasteiger partial charge in [-0.3, -0.25) is 4.79 Å². The summed E-state index contributed by atoms with van der Waals surface area (Å²) in [6.07, 6.45) is 1.09. The van der Waals surface area contributed by atoms with Crippen LogP contribution >= 0.6 is 0 Å². The summed E-state index contributed by atoms with van der Waals surface area (Å²) in [4.78, 5) is 20.6. The smallest absolute Gasteiger partial charge is 0.550 e. The molecule has 1 atom stereocenters. The Bertz CT molecular complexity index is 181. The maximum atomic E-state index is 10.5. The van der Waals surface area contributed by atoms with Crippen LogP contribution in [0, 0.1) is 5.92 Å². The van der Waals surface area contributed by atoms with Gasteiger partial charge in [-0.25, -0.2) is 0 Å². The Balaban J connectivity index is 0. The van der Waals surface area contributed by atoms with E-state index < -0.39 is 11.9 Å². The van der Waals surface area contributed by atoms with Crippen molar-refractivity contribution in [2.24, 2.45) is 5.92 Å². The molecule has 0 bridgehead atoms. The molecule has 0 heterocycles. The van der Waals surface area contributed by atoms with E-state index in [2.05, 4.69) is 11.9 Å². The molecule has 0 aromatic heterocycles. The number of carbonyl (C=O) groups excluding carboxylic acids is 2. The van der Waals surface area contributed by atoms with Crippen molar-refractivity contribution in [3.63, 3.8) is 0 Å². The van der Waals surface area contributed by atoms with Crippen molar-refractivity contribution in [3.05, 3.63) is 12.7 Å². The third-order valence-corrected chi connectivity index (χ3v) is 1.17. The maximum absolute atomic E-state index is 10.5. The first-order valence-corrected chi connectivity index (χ1v) is 3.19. The van der Waals surface area contributed by atoms with Crippen LogP contribution in [0.15, 0.2) is 12.7 Å². The number of rotatable bonds is 4. The number of hydrogen-bond donors (Lipinski definition) is 1. The van der Waals surface area contributed by atoms with Crippen molar-refractivity contribution in [1.82, 2.24) is 5.32 Å². The van der Waals surface area contributed by atoms with Crippen LogP contribution in [0.5, 0.6) is 0 Å². The molecule has 0 saturated carbocycles. The van der Waals surface area contributed by atoms with Crippen LogP contribution in [-0.2, 0) is 9.59 Å². The molecule has 1 unspecified atom stereocenters. The summed E-state index contributed by atoms with van der Waals surface area (Å²) in [5, 5.41) is 12.4. The first-order valence-electron chi connectivity index (χ1n) is 3.19. The first kappa shape index (κ1) is 14.2. The summed E-state index contributed by atoms with van der Waals surface area (Å²) in [5.74, 6) is -2.22. The van der Waals surface area contributed by atoms with Gasteiger partial charge in [-0.1, -0.05) is 13.5 Å². The standard InChI is InChI=1S/C7H11NO3.Na/c1-3-6(9)8-4-5(2)7(10)11;/h3,5H,1,4H2,2H3,(H,8,9)(H,10,11);/q;+1/p-1. The first-order chi connectivity index (χ1) is 5.07. The van der Waals surface area contributed by atoms with Gasteiger partial charge in [0, 0.05) is 18.4 Å². The summed E-state index contributed by atoms with van der Waals surface area (Å²) in [6, 6.07) is 0. The molecular formula is C7H10NNaO3. The van der Waals surface area contributed by atoms with Crippen LogP contribution in [-0.4, -0.2) is 18.4 Å². The van der Waals surface area contributed by atoms with Crippen molar-refractivity contribution >= 4 is 11.9 Å². The Morgan fingerprint density at radius 3 is 2.50 bits per heavy atom. The molecule has 0 aromatic carbocycles. The molecule has 5 heteroatoms. The van der Waals surface area contributed by atoms with Crippen molar-refractivity contribution in [3.8, 4) is 0 Å². The normalized spacial score (nSPS) is 10.8. The molecule has 0 radical (unpaired) electrons. The van der Waals surface area contributed by atoms with Crippen molar-refractivity contribution in [2.45, 2.75) is 6.92 Å². The molecule has 12 heavy (non-hydrogen) atoms. The summed E-state index contributed by atoms with van der Waals surface area (Å²) >= 11 is 0. The van der Waals surface area contributed by atoms with E-state index >= 15 is 0 Å². The fraction of sp³-hybridized carbons (Fsp3) is 0.429. The number of carboxylic acid groups (broad SMARTS) is 1. The van der Waals surface area contributed by atoms with E-state index in [1.54, 1.807) is 0 Å². The number of carboxylic acids is 1. The van der Waals surface area contributed by atoms with E-state index in [-0.39, 0.29) is 42.0 Å². The monoisotopic (exact) mass is 179 g/mol. The number of carbonyl (C=O) groups is 2. The van der Waals surface area contributed by atoms with E-state index in [0.717, 1.165) is 6.08 Å². The van der Waals surface area contributed by atoms with Gasteiger partial charge in [0.25, 0.3) is 0 Å². The maximum Gasteiger partial charge on any atom is 1.00 e. The fourth-order valence-electron chi connectivity index (χ4n) is 0.409. The largest absolute Gasteiger partial charge is 1.00 e. The van der Waals surface area contributed by atoms with Gasteiger partial charge >= 0.3 is 29.6 Å². The van der Waals surface area contributed by atoms with Crippen LogP contribution in [0.25, 0.3) is 0 Å². The average molecular weight is 179 g/mol. The second-order valence-corrected chi connectivity index (χ2v) is 2.17. The summed E-state index contributed by atoms with van der Waals surface area (Å²) in [6.45, 7) is 4.74. The van der Waals surface area contributed by atoms with Crippen molar-refractivity contribution in [2.75, 3.05) is 6.54 Å². The van der Waals surface area contributed by atoms with Crippen LogP contribution in [0.3, 0.4) is 0 Å². The van der Waals surface area contributed by atoms with Crippen LogP contribution in [0.1, 0.15) is 6.92 Å². The zero-order chi connectivity index (χ0) is 8.85. The molecule has 0 aliphatic carbocycles. The van der Waals surface area contributed by atoms with Gasteiger partial charge in [0.1, 0.15) is 0 Å². The number of hydrogen-bond acceptors (Lipinski definition) is 3. The Hall–Kier alpha value is -0.320. The molecule has 0 saturated heterocycles. The second-order valence-electron chi connectivity index (χ2n) is 2.17. The molecule has 0 fully saturated rings. The Morgan fingerprint density at radius 2 is 2.17 bits per heavy atom. The molecule has 0 aliphatic rings. The third kappa shape index (κ3) is 6.39. The van der Waals surface area contributed by atoms with Gasteiger partial charge in [0.2, 0.25) is 5.91 Å². The Kier molecular flexibility index (Phi) is 8.69. The van der Waals surface area contributed by atoms with Crippen molar-refractivity contribution in [1.29, 1.82) is 0 Å². The van der Waals surface area contributed by atoms with E-state index in [1.807, 2.05) is 0 Å². The van der Waals surface area contributed by atoms with Gasteiger partial charge in [0.15, 0.2) is 0 Å². The zero-order valence-electron chi connectivity index (χ0n) is 7.29. The van der Waals surface area contributed by atoms with Gasteiger partial charge in [-0.05, 0) is 6.08 Å². The molecule has 62 valence electrons. The summed E-state index contributed by atoms with van der Waals surface area (Å²) < 4.78 is 0. The Labute approximate surface area is 93.3 Å². The van der Waals surface area contributed by atoms with E-state index in [9.17, 15) is 14.7 Å². The quantitative estimate of drug-likeness (QED) is 0.350. The number of amides is 1. The molecule has 4 nitrogen and oxygen atoms in total. The minimum absolute atomic E-state index is 0. The second kappa shape index (κ2) is 7.34. The van der Waals surface area contributed by atoms with Gasteiger partial charge < -0.3 is 15.2 Å². The number of aliphatic carboxylic acids is 1. The molecule has 0 aliphatic heterocycles. The minimum atomic E-state index is -1.17. The predicted molar refractivity (Wildman–Crippen MR) is 37.4 cm³/mol. The molecular weight excluding hydrogens is 169 g/mol. The molecule has 0 rings (SSSR count). The van der Waals surface area contributed by atoms with Gasteiger partial charge in [-0.2, -0.15) is 0 Å². The Morgan fingerprint density at radius 1 is 1.67 bits per heavy atom. The topological polar surface area (TPSA) is 69.2 Å². The van der Waals surface area contributed by atoms with Crippen LogP contribution in [0.4, 0.5) is 0 Å². The number of nitrogens with one attached hydrogen (secondary N) is 1. The van der Waals surface area contributed by atoms with E-state index in [4.69, 9.17) is 0 Å². The fourth-order valence-corrected chi connectivity index (χ4v) is 0.409. The van der Waals surface area contributed by atoms with Gasteiger partial charge in [0.05, 0.1) is 0 Å². The van der Waals surface area contributed by atoms with Crippen molar-refractivity contribution < 1.29 is 44.3 Å². The van der Waals surface area contributed by atoms with Crippen LogP contribution < -0.4 is 40.0 Å². The van der Waals surface area contributed by atoms with E-state index in [1.165, 1.54) is 6.92 Å². The molecule has 1 N–H and O–H groups in total. The predicted octanol–water partition coefficient (Wildman–Crippen LogP) is -4.32.